The van der Waals surface area contributed by atoms with Gasteiger partial charge in [0, 0.05) is 61.0 Å². The van der Waals surface area contributed by atoms with Gasteiger partial charge < -0.3 is 28.9 Å². The van der Waals surface area contributed by atoms with E-state index in [1.807, 2.05) is 24.3 Å². The van der Waals surface area contributed by atoms with Gasteiger partial charge in [-0.1, -0.05) is 109 Å². The van der Waals surface area contributed by atoms with Gasteiger partial charge in [-0.2, -0.15) is 0 Å². The Balaban J connectivity index is 0.802. The second-order valence-electron chi connectivity index (χ2n) is 15.9. The van der Waals surface area contributed by atoms with Crippen molar-refractivity contribution < 1.29 is 27.9 Å². The normalized spacial score (nSPS) is 11.3. The van der Waals surface area contributed by atoms with Crippen LogP contribution in [0, 0.1) is 0 Å². The van der Waals surface area contributed by atoms with E-state index in [2.05, 4.69) is 10.6 Å². The van der Waals surface area contributed by atoms with Crippen LogP contribution in [0.25, 0.3) is 21.9 Å². The van der Waals surface area contributed by atoms with Crippen molar-refractivity contribution in [1.82, 2.24) is 10.6 Å². The summed E-state index contributed by atoms with van der Waals surface area (Å²) in [6.45, 7) is 2.87. The molecule has 0 saturated heterocycles. The second kappa shape index (κ2) is 29.6. The summed E-state index contributed by atoms with van der Waals surface area (Å²) < 4.78 is 22.1. The first-order chi connectivity index (χ1) is 29.0. The highest BCUT2D eigenvalue weighted by molar-refractivity contribution is 5.78. The van der Waals surface area contributed by atoms with Crippen LogP contribution in [-0.4, -0.2) is 38.1 Å². The van der Waals surface area contributed by atoms with E-state index in [1.165, 1.54) is 82.8 Å². The van der Waals surface area contributed by atoms with Crippen LogP contribution < -0.4 is 31.4 Å². The van der Waals surface area contributed by atoms with E-state index in [9.17, 15) is 19.2 Å². The Labute approximate surface area is 351 Å². The van der Waals surface area contributed by atoms with Gasteiger partial charge in [0.1, 0.15) is 22.7 Å². The van der Waals surface area contributed by atoms with E-state index in [0.29, 0.717) is 37.2 Å². The number of hydrogen-bond acceptors (Lipinski definition) is 8. The van der Waals surface area contributed by atoms with Gasteiger partial charge in [0.05, 0.1) is 13.2 Å². The smallest absolute Gasteiger partial charge is 0.336 e. The zero-order valence-electron chi connectivity index (χ0n) is 35.5. The number of ether oxygens (including phenoxy) is 2. The van der Waals surface area contributed by atoms with Crippen LogP contribution >= 0.6 is 0 Å². The molecule has 0 bridgehead atoms. The minimum absolute atomic E-state index is 0.185. The molecule has 4 rings (SSSR count). The molecular weight excluding hydrogens is 745 g/mol. The number of rotatable bonds is 34. The predicted octanol–water partition coefficient (Wildman–Crippen LogP) is 11.3. The number of nitrogens with one attached hydrogen (secondary N) is 2. The summed E-state index contributed by atoms with van der Waals surface area (Å²) in [6.07, 6.45) is 27.3. The molecule has 324 valence electrons. The van der Waals surface area contributed by atoms with Gasteiger partial charge in [0.25, 0.3) is 0 Å². The third-order valence-corrected chi connectivity index (χ3v) is 10.8. The minimum atomic E-state index is -0.351. The monoisotopic (exact) mass is 815 g/mol. The molecule has 2 aromatic heterocycles. The van der Waals surface area contributed by atoms with Gasteiger partial charge in [0.2, 0.25) is 11.8 Å². The van der Waals surface area contributed by atoms with Crippen molar-refractivity contribution >= 4 is 33.8 Å². The van der Waals surface area contributed by atoms with Crippen LogP contribution in [0.3, 0.4) is 0 Å². The topological polar surface area (TPSA) is 137 Å². The summed E-state index contributed by atoms with van der Waals surface area (Å²) in [4.78, 5) is 47.2. The molecule has 0 atom stereocenters. The number of carbonyl (C=O) groups is 2. The van der Waals surface area contributed by atoms with Crippen molar-refractivity contribution in [3.05, 3.63) is 81.5 Å². The van der Waals surface area contributed by atoms with Gasteiger partial charge in [-0.25, -0.2) is 9.59 Å². The summed E-state index contributed by atoms with van der Waals surface area (Å²) >= 11 is 0. The molecule has 10 nitrogen and oxygen atoms in total. The summed E-state index contributed by atoms with van der Waals surface area (Å²) in [5, 5.41) is 7.95. The van der Waals surface area contributed by atoms with Gasteiger partial charge in [-0.15, -0.1) is 0 Å². The second-order valence-corrected chi connectivity index (χ2v) is 15.9. The summed E-state index contributed by atoms with van der Waals surface area (Å²) in [5.41, 5.74) is 0.405. The summed E-state index contributed by atoms with van der Waals surface area (Å²) in [7, 11) is 0. The van der Waals surface area contributed by atoms with Crippen molar-refractivity contribution in [2.45, 2.75) is 161 Å². The third-order valence-electron chi connectivity index (χ3n) is 10.8. The van der Waals surface area contributed by atoms with Crippen LogP contribution in [0.15, 0.2) is 79.1 Å². The molecule has 2 heterocycles. The SMILES string of the molecule is O=C(CCCCCCCCCCOc1ccc2ccc(=O)oc2c1)NCCCCCCCCCNC(=O)CCCCCCCCCCOc1ccc2ccc(=O)oc2c1. The quantitative estimate of drug-likeness (QED) is 0.0351. The van der Waals surface area contributed by atoms with Crippen LogP contribution in [-0.2, 0) is 9.59 Å². The van der Waals surface area contributed by atoms with E-state index in [4.69, 9.17) is 18.3 Å². The standard InChI is InChI=1S/C49H70N2O8/c52-46(24-18-12-6-1-3-10-16-22-36-56-42-30-26-40-28-32-48(54)58-44(40)38-42)50-34-20-14-8-5-9-15-21-35-51-47(53)25-19-13-7-2-4-11-17-23-37-57-43-31-27-41-29-33-49(55)59-45(41)39-43/h26-33,38-39H,1-25,34-37H2,(H,50,52)(H,51,53). The number of unbranched alkanes of at least 4 members (excludes halogenated alkanes) is 20. The lowest BCUT2D eigenvalue weighted by Crippen LogP contribution is -2.24. The van der Waals surface area contributed by atoms with Crippen molar-refractivity contribution in [3.8, 4) is 11.5 Å². The maximum Gasteiger partial charge on any atom is 0.336 e. The Bertz CT molecular complexity index is 1750. The Kier molecular flexibility index (Phi) is 23.6. The fourth-order valence-corrected chi connectivity index (χ4v) is 7.30. The summed E-state index contributed by atoms with van der Waals surface area (Å²) in [5.74, 6) is 1.83. The van der Waals surface area contributed by atoms with Crippen LogP contribution in [0.1, 0.15) is 161 Å². The highest BCUT2D eigenvalue weighted by atomic mass is 16.5. The van der Waals surface area contributed by atoms with E-state index in [-0.39, 0.29) is 23.1 Å². The molecule has 2 N–H and O–H groups in total. The average Bonchev–Trinajstić information content (AvgIpc) is 3.23. The maximum absolute atomic E-state index is 12.2. The number of amides is 2. The lowest BCUT2D eigenvalue weighted by molar-refractivity contribution is -0.122. The number of benzene rings is 2. The molecule has 10 heteroatoms. The molecule has 0 aliphatic rings. The van der Waals surface area contributed by atoms with Crippen molar-refractivity contribution in [3.63, 3.8) is 0 Å². The van der Waals surface area contributed by atoms with E-state index < -0.39 is 0 Å². The Morgan fingerprint density at radius 1 is 0.407 bits per heavy atom. The first-order valence-corrected chi connectivity index (χ1v) is 22.8. The Morgan fingerprint density at radius 2 is 0.729 bits per heavy atom. The first kappa shape index (κ1) is 47.1. The zero-order chi connectivity index (χ0) is 41.6. The molecular formula is C49H70N2O8. The number of hydrogen-bond donors (Lipinski definition) is 2. The molecule has 0 saturated carbocycles. The zero-order valence-corrected chi connectivity index (χ0v) is 35.5. The largest absolute Gasteiger partial charge is 0.493 e. The fraction of sp³-hybridized carbons (Fsp3) is 0.592. The molecule has 0 unspecified atom stereocenters. The third kappa shape index (κ3) is 21.3. The van der Waals surface area contributed by atoms with E-state index >= 15 is 0 Å². The molecule has 0 radical (unpaired) electrons. The van der Waals surface area contributed by atoms with Crippen LogP contribution in [0.4, 0.5) is 0 Å². The van der Waals surface area contributed by atoms with Gasteiger partial charge >= 0.3 is 11.3 Å². The van der Waals surface area contributed by atoms with Crippen LogP contribution in [0.2, 0.25) is 0 Å². The summed E-state index contributed by atoms with van der Waals surface area (Å²) in [6, 6.07) is 17.6. The molecule has 0 spiro atoms. The Morgan fingerprint density at radius 3 is 1.12 bits per heavy atom. The predicted molar refractivity (Wildman–Crippen MR) is 237 cm³/mol. The molecule has 0 fully saturated rings. The lowest BCUT2D eigenvalue weighted by atomic mass is 10.1. The maximum atomic E-state index is 12.2. The molecule has 2 aromatic carbocycles. The molecule has 0 aliphatic heterocycles. The van der Waals surface area contributed by atoms with Gasteiger partial charge in [-0.05, 0) is 74.9 Å². The van der Waals surface area contributed by atoms with E-state index in [0.717, 1.165) is 112 Å². The average molecular weight is 815 g/mol. The van der Waals surface area contributed by atoms with Gasteiger partial charge in [0.15, 0.2) is 0 Å². The number of carbonyl (C=O) groups excluding carboxylic acids is 2. The van der Waals surface area contributed by atoms with Gasteiger partial charge in [-0.3, -0.25) is 9.59 Å². The highest BCUT2D eigenvalue weighted by Crippen LogP contribution is 2.21. The van der Waals surface area contributed by atoms with Crippen LogP contribution in [0.5, 0.6) is 11.5 Å². The van der Waals surface area contributed by atoms with Crippen molar-refractivity contribution in [2.24, 2.45) is 0 Å². The molecule has 0 aliphatic carbocycles. The fourth-order valence-electron chi connectivity index (χ4n) is 7.30. The number of fused-ring (bicyclic) bond motifs is 2. The van der Waals surface area contributed by atoms with E-state index in [1.54, 1.807) is 24.3 Å². The molecule has 4 aromatic rings. The first-order valence-electron chi connectivity index (χ1n) is 22.8. The lowest BCUT2D eigenvalue weighted by Gasteiger charge is -2.07. The minimum Gasteiger partial charge on any atom is -0.493 e. The molecule has 2 amide bonds. The van der Waals surface area contributed by atoms with Crippen molar-refractivity contribution in [2.75, 3.05) is 26.3 Å². The Hall–Kier alpha value is -4.60. The highest BCUT2D eigenvalue weighted by Gasteiger charge is 2.05. The van der Waals surface area contributed by atoms with Crippen molar-refractivity contribution in [1.29, 1.82) is 0 Å². The molecule has 59 heavy (non-hydrogen) atoms.